The summed E-state index contributed by atoms with van der Waals surface area (Å²) in [5.41, 5.74) is 4.43. The lowest BCUT2D eigenvalue weighted by Gasteiger charge is -2.36. The van der Waals surface area contributed by atoms with Crippen LogP contribution in [0.2, 0.25) is 5.02 Å². The maximum Gasteiger partial charge on any atom is 0.287 e. The highest BCUT2D eigenvalue weighted by Gasteiger charge is 2.56. The number of rotatable bonds is 11. The van der Waals surface area contributed by atoms with E-state index in [4.69, 9.17) is 17.3 Å². The fourth-order valence-corrected chi connectivity index (χ4v) is 7.41. The lowest BCUT2D eigenvalue weighted by Crippen LogP contribution is -2.59. The van der Waals surface area contributed by atoms with E-state index in [0.717, 1.165) is 25.7 Å². The standard InChI is InChI=1S/C34H48ClN5O6/c1-5-10-24(28(43)30(36)44)37-31(45)25-17-34(18-27(42)39(19-34)23-14-9-13-22(35)16-23)20-40(25)32(46)29(33(2,3)4)38-26(41)15-21-11-7-6-8-12-21/h9,13-14,16,21,24-25,29H,5-8,10-12,15,17-20H2,1-4H3,(H2,36,44)(H,37,45)(H,38,41)/t24-,25-,29+,34-/m0/s1. The van der Waals surface area contributed by atoms with Gasteiger partial charge in [0.25, 0.3) is 5.91 Å². The number of nitrogens with zero attached hydrogens (tertiary/aromatic N) is 2. The molecule has 0 aromatic heterocycles. The van der Waals surface area contributed by atoms with Gasteiger partial charge in [-0.05, 0) is 55.2 Å². The third-order valence-electron chi connectivity index (χ3n) is 9.61. The topological polar surface area (TPSA) is 159 Å². The number of Topliss-reactive ketones (excluding diaryl/α,β-unsaturated/α-hetero) is 1. The second-order valence-electron chi connectivity index (χ2n) is 14.5. The minimum absolute atomic E-state index is 0.0971. The molecule has 4 N–H and O–H groups in total. The summed E-state index contributed by atoms with van der Waals surface area (Å²) in [6.45, 7) is 7.75. The Morgan fingerprint density at radius 2 is 1.76 bits per heavy atom. The molecule has 3 aliphatic rings. The third-order valence-corrected chi connectivity index (χ3v) is 9.84. The Morgan fingerprint density at radius 1 is 1.07 bits per heavy atom. The SMILES string of the molecule is CCC[C@H](NC(=O)[C@@H]1C[C@@]2(CC(=O)N(c3cccc(Cl)c3)C2)CN1C(=O)[C@@H](NC(=O)CC1CCCCC1)C(C)(C)C)C(=O)C(N)=O. The normalized spacial score (nSPS) is 23.3. The van der Waals surface area contributed by atoms with Crippen molar-refractivity contribution in [1.82, 2.24) is 15.5 Å². The summed E-state index contributed by atoms with van der Waals surface area (Å²) >= 11 is 6.22. The fourth-order valence-electron chi connectivity index (χ4n) is 7.22. The maximum atomic E-state index is 14.5. The van der Waals surface area contributed by atoms with Gasteiger partial charge in [-0.25, -0.2) is 0 Å². The van der Waals surface area contributed by atoms with Crippen LogP contribution in [0.25, 0.3) is 0 Å². The van der Waals surface area contributed by atoms with Gasteiger partial charge in [-0.2, -0.15) is 0 Å². The molecular weight excluding hydrogens is 610 g/mol. The average molecular weight is 658 g/mol. The van der Waals surface area contributed by atoms with Crippen LogP contribution in [0.3, 0.4) is 0 Å². The number of amides is 5. The summed E-state index contributed by atoms with van der Waals surface area (Å²) in [5, 5.41) is 6.15. The predicted octanol–water partition coefficient (Wildman–Crippen LogP) is 3.50. The highest BCUT2D eigenvalue weighted by atomic mass is 35.5. The van der Waals surface area contributed by atoms with Gasteiger partial charge < -0.3 is 26.2 Å². The number of anilines is 1. The number of halogens is 1. The zero-order valence-corrected chi connectivity index (χ0v) is 28.2. The summed E-state index contributed by atoms with van der Waals surface area (Å²) in [6, 6.07) is 3.84. The second kappa shape index (κ2) is 14.5. The van der Waals surface area contributed by atoms with E-state index in [0.29, 0.717) is 23.6 Å². The number of hydrogen-bond acceptors (Lipinski definition) is 6. The molecule has 3 fully saturated rings. The Morgan fingerprint density at radius 3 is 2.37 bits per heavy atom. The molecule has 1 saturated carbocycles. The van der Waals surface area contributed by atoms with Crippen molar-refractivity contribution >= 4 is 52.6 Å². The number of primary amides is 1. The molecule has 1 spiro atoms. The quantitative estimate of drug-likeness (QED) is 0.309. The summed E-state index contributed by atoms with van der Waals surface area (Å²) in [4.78, 5) is 82.5. The van der Waals surface area contributed by atoms with Crippen LogP contribution in [0.1, 0.15) is 91.9 Å². The van der Waals surface area contributed by atoms with Crippen LogP contribution in [0.5, 0.6) is 0 Å². The van der Waals surface area contributed by atoms with E-state index in [-0.39, 0.29) is 50.1 Å². The van der Waals surface area contributed by atoms with Crippen LogP contribution >= 0.6 is 11.6 Å². The van der Waals surface area contributed by atoms with Crippen molar-refractivity contribution in [3.05, 3.63) is 29.3 Å². The van der Waals surface area contributed by atoms with Gasteiger partial charge in [0, 0.05) is 42.1 Å². The van der Waals surface area contributed by atoms with E-state index in [9.17, 15) is 28.8 Å². The van der Waals surface area contributed by atoms with Crippen LogP contribution in [0.4, 0.5) is 5.69 Å². The lowest BCUT2D eigenvalue weighted by atomic mass is 9.84. The monoisotopic (exact) mass is 657 g/mol. The molecule has 1 aromatic rings. The summed E-state index contributed by atoms with van der Waals surface area (Å²) in [5.74, 6) is -3.17. The van der Waals surface area contributed by atoms with E-state index in [2.05, 4.69) is 10.6 Å². The smallest absolute Gasteiger partial charge is 0.287 e. The first-order valence-electron chi connectivity index (χ1n) is 16.4. The first-order valence-corrected chi connectivity index (χ1v) is 16.8. The molecule has 1 aromatic carbocycles. The first-order chi connectivity index (χ1) is 21.6. The summed E-state index contributed by atoms with van der Waals surface area (Å²) in [7, 11) is 0. The largest absolute Gasteiger partial charge is 0.363 e. The summed E-state index contributed by atoms with van der Waals surface area (Å²) in [6.07, 6.45) is 6.61. The first kappa shape index (κ1) is 35.4. The zero-order chi connectivity index (χ0) is 33.8. The van der Waals surface area contributed by atoms with Crippen molar-refractivity contribution in [2.75, 3.05) is 18.0 Å². The average Bonchev–Trinajstić information content (AvgIpc) is 3.53. The van der Waals surface area contributed by atoms with Crippen LogP contribution in [-0.2, 0) is 28.8 Å². The lowest BCUT2D eigenvalue weighted by molar-refractivity contribution is -0.145. The number of carbonyl (C=O) groups is 6. The molecule has 12 heteroatoms. The number of likely N-dealkylation sites (tertiary alicyclic amines) is 1. The van der Waals surface area contributed by atoms with Crippen molar-refractivity contribution in [1.29, 1.82) is 0 Å². The van der Waals surface area contributed by atoms with Gasteiger partial charge in [-0.3, -0.25) is 28.8 Å². The van der Waals surface area contributed by atoms with Crippen LogP contribution < -0.4 is 21.3 Å². The van der Waals surface area contributed by atoms with Gasteiger partial charge >= 0.3 is 0 Å². The second-order valence-corrected chi connectivity index (χ2v) is 14.9. The summed E-state index contributed by atoms with van der Waals surface area (Å²) < 4.78 is 0. The van der Waals surface area contributed by atoms with E-state index in [1.54, 1.807) is 29.2 Å². The molecule has 4 atom stereocenters. The van der Waals surface area contributed by atoms with Crippen molar-refractivity contribution < 1.29 is 28.8 Å². The van der Waals surface area contributed by atoms with E-state index >= 15 is 0 Å². The van der Waals surface area contributed by atoms with Crippen molar-refractivity contribution in [2.45, 2.75) is 110 Å². The molecular formula is C34H48ClN5O6. The molecule has 0 unspecified atom stereocenters. The number of benzene rings is 1. The Hall–Kier alpha value is -3.47. The van der Waals surface area contributed by atoms with Gasteiger partial charge in [-0.15, -0.1) is 0 Å². The molecule has 0 radical (unpaired) electrons. The molecule has 2 aliphatic heterocycles. The molecule has 2 heterocycles. The van der Waals surface area contributed by atoms with Gasteiger partial charge in [0.2, 0.25) is 29.4 Å². The Bertz CT molecular complexity index is 1360. The maximum absolute atomic E-state index is 14.5. The van der Waals surface area contributed by atoms with Crippen LogP contribution in [0, 0.1) is 16.7 Å². The molecule has 2 saturated heterocycles. The fraction of sp³-hybridized carbons (Fsp3) is 0.647. The molecule has 252 valence electrons. The Labute approximate surface area is 276 Å². The number of hydrogen-bond donors (Lipinski definition) is 3. The van der Waals surface area contributed by atoms with Gasteiger partial charge in [0.15, 0.2) is 0 Å². The minimum atomic E-state index is -1.15. The van der Waals surface area contributed by atoms with Gasteiger partial charge in [0.05, 0.1) is 6.04 Å². The highest BCUT2D eigenvalue weighted by molar-refractivity contribution is 6.37. The predicted molar refractivity (Wildman–Crippen MR) is 175 cm³/mol. The van der Waals surface area contributed by atoms with Crippen LogP contribution in [0.15, 0.2) is 24.3 Å². The third kappa shape index (κ3) is 8.27. The van der Waals surface area contributed by atoms with Crippen molar-refractivity contribution in [3.63, 3.8) is 0 Å². The number of ketones is 1. The molecule has 11 nitrogen and oxygen atoms in total. The molecule has 5 amide bonds. The number of carbonyl (C=O) groups excluding carboxylic acids is 6. The van der Waals surface area contributed by atoms with E-state index < -0.39 is 52.5 Å². The van der Waals surface area contributed by atoms with E-state index in [1.807, 2.05) is 27.7 Å². The van der Waals surface area contributed by atoms with E-state index in [1.165, 1.54) is 11.3 Å². The molecule has 1 aliphatic carbocycles. The number of nitrogens with one attached hydrogen (secondary N) is 2. The zero-order valence-electron chi connectivity index (χ0n) is 27.4. The van der Waals surface area contributed by atoms with Gasteiger partial charge in [0.1, 0.15) is 12.1 Å². The molecule has 46 heavy (non-hydrogen) atoms. The van der Waals surface area contributed by atoms with Crippen LogP contribution in [-0.4, -0.2) is 71.4 Å². The number of nitrogens with two attached hydrogens (primary N) is 1. The van der Waals surface area contributed by atoms with Crippen molar-refractivity contribution in [3.8, 4) is 0 Å². The van der Waals surface area contributed by atoms with Gasteiger partial charge in [-0.1, -0.05) is 71.0 Å². The Kier molecular flexibility index (Phi) is 11.2. The van der Waals surface area contributed by atoms with Crippen molar-refractivity contribution in [2.24, 2.45) is 22.5 Å². The molecule has 4 rings (SSSR count). The Balaban J connectivity index is 1.63. The minimum Gasteiger partial charge on any atom is -0.363 e. The molecule has 0 bridgehead atoms. The highest BCUT2D eigenvalue weighted by Crippen LogP contribution is 2.45.